The molecule has 0 aliphatic carbocycles. The Labute approximate surface area is 159 Å². The van der Waals surface area contributed by atoms with Crippen molar-refractivity contribution < 1.29 is 19.1 Å². The molecule has 1 aliphatic rings. The zero-order valence-corrected chi connectivity index (χ0v) is 16.1. The third kappa shape index (κ3) is 6.38. The molecule has 0 aromatic heterocycles. The molecule has 0 radical (unpaired) electrons. The molecule has 0 amide bonds. The lowest BCUT2D eigenvalue weighted by molar-refractivity contribution is -0.146. The number of nitrogens with one attached hydrogen (secondary N) is 1. The highest BCUT2D eigenvalue weighted by atomic mass is 32.2. The molecule has 142 valence electrons. The number of benzene rings is 1. The maximum atomic E-state index is 11.9. The maximum Gasteiger partial charge on any atom is 0.347 e. The van der Waals surface area contributed by atoms with Crippen molar-refractivity contribution in [2.75, 3.05) is 31.6 Å². The number of carbonyl (C=O) groups is 2. The van der Waals surface area contributed by atoms with Crippen LogP contribution in [0.2, 0.25) is 0 Å². The van der Waals surface area contributed by atoms with Crippen LogP contribution in [0.4, 0.5) is 5.69 Å². The summed E-state index contributed by atoms with van der Waals surface area (Å²) in [5.41, 5.74) is 0.625. The van der Waals surface area contributed by atoms with Gasteiger partial charge in [-0.2, -0.15) is 0 Å². The van der Waals surface area contributed by atoms with E-state index in [0.29, 0.717) is 0 Å². The second-order valence-corrected chi connectivity index (χ2v) is 6.92. The van der Waals surface area contributed by atoms with E-state index in [1.807, 2.05) is 24.3 Å². The van der Waals surface area contributed by atoms with Crippen LogP contribution in [-0.4, -0.2) is 42.5 Å². The molecule has 7 heteroatoms. The Morgan fingerprint density at radius 1 is 1.04 bits per heavy atom. The summed E-state index contributed by atoms with van der Waals surface area (Å²) >= 11 is 1.76. The number of hydrogen-bond donors (Lipinski definition) is 1. The van der Waals surface area contributed by atoms with E-state index >= 15 is 0 Å². The second-order valence-electron chi connectivity index (χ2n) is 5.75. The van der Waals surface area contributed by atoms with Gasteiger partial charge in [-0.3, -0.25) is 0 Å². The van der Waals surface area contributed by atoms with Crippen LogP contribution in [0.25, 0.3) is 0 Å². The van der Waals surface area contributed by atoms with Gasteiger partial charge in [0.25, 0.3) is 0 Å². The molecule has 2 rings (SSSR count). The molecule has 26 heavy (non-hydrogen) atoms. The van der Waals surface area contributed by atoms with E-state index < -0.39 is 11.9 Å². The number of nitrogens with zero attached hydrogens (tertiary/aromatic N) is 1. The number of ether oxygens (including phenoxy) is 2. The predicted molar refractivity (Wildman–Crippen MR) is 103 cm³/mol. The minimum absolute atomic E-state index is 0.152. The summed E-state index contributed by atoms with van der Waals surface area (Å²) in [7, 11) is 0. The first-order valence-electron chi connectivity index (χ1n) is 8.98. The predicted octanol–water partition coefficient (Wildman–Crippen LogP) is 3.60. The molecule has 0 unspecified atom stereocenters. The van der Waals surface area contributed by atoms with Crippen LogP contribution >= 0.6 is 11.9 Å². The molecule has 1 N–H and O–H groups in total. The van der Waals surface area contributed by atoms with E-state index in [9.17, 15) is 9.59 Å². The summed E-state index contributed by atoms with van der Waals surface area (Å²) in [5, 5.41) is 2.97. The molecule has 1 aromatic carbocycles. The van der Waals surface area contributed by atoms with E-state index in [-0.39, 0.29) is 18.8 Å². The maximum absolute atomic E-state index is 11.9. The lowest BCUT2D eigenvalue weighted by Gasteiger charge is -2.25. The Hall–Kier alpha value is -1.99. The van der Waals surface area contributed by atoms with Crippen molar-refractivity contribution in [3.63, 3.8) is 0 Å². The van der Waals surface area contributed by atoms with Crippen molar-refractivity contribution in [2.24, 2.45) is 0 Å². The van der Waals surface area contributed by atoms with Gasteiger partial charge in [-0.15, -0.1) is 0 Å². The van der Waals surface area contributed by atoms with Crippen molar-refractivity contribution in [3.05, 3.63) is 36.0 Å². The molecule has 1 fully saturated rings. The molecule has 1 saturated heterocycles. The number of anilines is 1. The number of piperidine rings is 1. The molecule has 0 bridgehead atoms. The fraction of sp³-hybridized carbons (Fsp3) is 0.474. The van der Waals surface area contributed by atoms with E-state index in [4.69, 9.17) is 9.47 Å². The first-order chi connectivity index (χ1) is 12.6. The van der Waals surface area contributed by atoms with Crippen LogP contribution in [-0.2, 0) is 19.1 Å². The van der Waals surface area contributed by atoms with E-state index in [0.717, 1.165) is 23.7 Å². The summed E-state index contributed by atoms with van der Waals surface area (Å²) < 4.78 is 12.2. The quantitative estimate of drug-likeness (QED) is 0.244. The van der Waals surface area contributed by atoms with Gasteiger partial charge in [-0.25, -0.2) is 13.9 Å². The minimum atomic E-state index is -0.698. The van der Waals surface area contributed by atoms with E-state index in [1.54, 1.807) is 25.8 Å². The highest BCUT2D eigenvalue weighted by Gasteiger charge is 2.20. The fourth-order valence-corrected chi connectivity index (χ4v) is 3.49. The zero-order valence-electron chi connectivity index (χ0n) is 15.3. The van der Waals surface area contributed by atoms with Gasteiger partial charge in [0, 0.05) is 29.9 Å². The number of carbonyl (C=O) groups excluding carboxylic acids is 2. The second kappa shape index (κ2) is 10.9. The fourth-order valence-electron chi connectivity index (χ4n) is 2.49. The minimum Gasteiger partial charge on any atom is -0.462 e. The van der Waals surface area contributed by atoms with Gasteiger partial charge in [-0.1, -0.05) is 6.42 Å². The van der Waals surface area contributed by atoms with E-state index in [1.165, 1.54) is 25.5 Å². The summed E-state index contributed by atoms with van der Waals surface area (Å²) in [4.78, 5) is 25.0. The van der Waals surface area contributed by atoms with Gasteiger partial charge in [0.15, 0.2) is 5.57 Å². The summed E-state index contributed by atoms with van der Waals surface area (Å²) in [6, 6.07) is 7.86. The van der Waals surface area contributed by atoms with Crippen molar-refractivity contribution in [2.45, 2.75) is 38.0 Å². The zero-order chi connectivity index (χ0) is 18.8. The van der Waals surface area contributed by atoms with Gasteiger partial charge in [0.05, 0.1) is 13.2 Å². The monoisotopic (exact) mass is 378 g/mol. The smallest absolute Gasteiger partial charge is 0.347 e. The number of esters is 2. The van der Waals surface area contributed by atoms with Crippen molar-refractivity contribution >= 4 is 29.6 Å². The standard InChI is InChI=1S/C19H26N2O4S/c1-3-24-18(22)17(19(23)25-4-2)14-20-15-8-10-16(11-9-15)26-21-12-6-5-7-13-21/h8-11,14,20H,3-7,12-13H2,1-2H3. The molecular formula is C19H26N2O4S. The molecule has 1 heterocycles. The van der Waals surface area contributed by atoms with Crippen LogP contribution in [0.3, 0.4) is 0 Å². The third-order valence-electron chi connectivity index (χ3n) is 3.78. The Morgan fingerprint density at radius 2 is 1.62 bits per heavy atom. The first-order valence-corrected chi connectivity index (χ1v) is 9.75. The Balaban J connectivity index is 1.99. The molecule has 0 spiro atoms. The van der Waals surface area contributed by atoms with Crippen LogP contribution in [0.15, 0.2) is 40.9 Å². The number of hydrogen-bond acceptors (Lipinski definition) is 7. The van der Waals surface area contributed by atoms with Crippen LogP contribution in [0, 0.1) is 0 Å². The Kier molecular flexibility index (Phi) is 8.50. The summed E-state index contributed by atoms with van der Waals surface area (Å²) in [6.45, 7) is 6.00. The molecule has 0 saturated carbocycles. The first kappa shape index (κ1) is 20.3. The van der Waals surface area contributed by atoms with Gasteiger partial charge < -0.3 is 14.8 Å². The van der Waals surface area contributed by atoms with Gasteiger partial charge in [-0.05, 0) is 62.9 Å². The lowest BCUT2D eigenvalue weighted by Crippen LogP contribution is -2.22. The molecular weight excluding hydrogens is 352 g/mol. The van der Waals surface area contributed by atoms with Crippen molar-refractivity contribution in [1.29, 1.82) is 0 Å². The molecule has 1 aliphatic heterocycles. The van der Waals surface area contributed by atoms with Gasteiger partial charge in [0.2, 0.25) is 0 Å². The largest absolute Gasteiger partial charge is 0.462 e. The molecule has 0 atom stereocenters. The number of rotatable bonds is 8. The Morgan fingerprint density at radius 3 is 2.15 bits per heavy atom. The van der Waals surface area contributed by atoms with Crippen LogP contribution in [0.5, 0.6) is 0 Å². The highest BCUT2D eigenvalue weighted by Crippen LogP contribution is 2.27. The normalized spacial score (nSPS) is 14.4. The van der Waals surface area contributed by atoms with Crippen molar-refractivity contribution in [3.8, 4) is 0 Å². The van der Waals surface area contributed by atoms with Gasteiger partial charge in [0.1, 0.15) is 0 Å². The topological polar surface area (TPSA) is 67.9 Å². The summed E-state index contributed by atoms with van der Waals surface area (Å²) in [5.74, 6) is -1.40. The average Bonchev–Trinajstić information content (AvgIpc) is 2.64. The van der Waals surface area contributed by atoms with Crippen molar-refractivity contribution in [1.82, 2.24) is 4.31 Å². The van der Waals surface area contributed by atoms with Gasteiger partial charge >= 0.3 is 11.9 Å². The summed E-state index contributed by atoms with van der Waals surface area (Å²) in [6.07, 6.45) is 5.15. The SMILES string of the molecule is CCOC(=O)C(=CNc1ccc(SN2CCCCC2)cc1)C(=O)OCC. The lowest BCUT2D eigenvalue weighted by atomic mass is 10.2. The average molecular weight is 378 g/mol. The van der Waals surface area contributed by atoms with E-state index in [2.05, 4.69) is 9.62 Å². The highest BCUT2D eigenvalue weighted by molar-refractivity contribution is 7.97. The van der Waals surface area contributed by atoms with Crippen LogP contribution in [0.1, 0.15) is 33.1 Å². The molecule has 6 nitrogen and oxygen atoms in total. The molecule has 1 aromatic rings. The Bertz CT molecular complexity index is 605. The van der Waals surface area contributed by atoms with Crippen LogP contribution < -0.4 is 5.32 Å². The third-order valence-corrected chi connectivity index (χ3v) is 4.88.